The van der Waals surface area contributed by atoms with Crippen molar-refractivity contribution in [2.24, 2.45) is 0 Å². The van der Waals surface area contributed by atoms with E-state index in [1.165, 1.54) is 12.8 Å². The minimum absolute atomic E-state index is 0.0268. The van der Waals surface area contributed by atoms with Gasteiger partial charge in [-0.25, -0.2) is 9.59 Å². The quantitative estimate of drug-likeness (QED) is 0.439. The number of ether oxygens (including phenoxy) is 1. The average Bonchev–Trinajstić information content (AvgIpc) is 3.53. The molecule has 0 spiro atoms. The van der Waals surface area contributed by atoms with Gasteiger partial charge in [-0.05, 0) is 87.4 Å². The number of likely N-dealkylation sites (tertiary alicyclic amines) is 3. The number of carbonyl (C=O) groups is 3. The van der Waals surface area contributed by atoms with Crippen LogP contribution in [0.5, 0.6) is 0 Å². The lowest BCUT2D eigenvalue weighted by atomic mass is 10.0. The summed E-state index contributed by atoms with van der Waals surface area (Å²) in [6.07, 6.45) is 5.20. The largest absolute Gasteiger partial charge is 0.436 e. The van der Waals surface area contributed by atoms with Crippen molar-refractivity contribution in [3.63, 3.8) is 0 Å². The fourth-order valence-corrected chi connectivity index (χ4v) is 7.44. The van der Waals surface area contributed by atoms with Crippen LogP contribution in [0.25, 0.3) is 0 Å². The number of halogens is 2. The molecule has 0 saturated carbocycles. The van der Waals surface area contributed by atoms with E-state index in [0.717, 1.165) is 49.2 Å². The summed E-state index contributed by atoms with van der Waals surface area (Å²) in [6, 6.07) is 13.6. The van der Waals surface area contributed by atoms with Gasteiger partial charge in [-0.15, -0.1) is 0 Å². The first-order chi connectivity index (χ1) is 21.4. The zero-order valence-corrected chi connectivity index (χ0v) is 26.6. The monoisotopic (exact) mass is 641 g/mol. The highest BCUT2D eigenvalue weighted by Gasteiger charge is 2.36. The molecule has 4 aliphatic rings. The molecule has 3 saturated heterocycles. The van der Waals surface area contributed by atoms with E-state index < -0.39 is 12.2 Å². The number of hydrogen-bond acceptors (Lipinski definition) is 5. The maximum absolute atomic E-state index is 13.8. The fraction of sp³-hybridized carbons (Fsp3) is 0.545. The van der Waals surface area contributed by atoms with E-state index in [1.54, 1.807) is 17.0 Å². The summed E-state index contributed by atoms with van der Waals surface area (Å²) in [6.45, 7) is 5.13. The van der Waals surface area contributed by atoms with Gasteiger partial charge < -0.3 is 29.7 Å². The number of hydrogen-bond donors (Lipinski definition) is 1. The van der Waals surface area contributed by atoms with E-state index in [2.05, 4.69) is 10.2 Å². The molecule has 9 nitrogen and oxygen atoms in total. The third-order valence-corrected chi connectivity index (χ3v) is 10.4. The molecule has 4 heterocycles. The third kappa shape index (κ3) is 7.11. The molecule has 2 aromatic carbocycles. The molecular weight excluding hydrogens is 601 g/mol. The van der Waals surface area contributed by atoms with Gasteiger partial charge >= 0.3 is 12.1 Å². The van der Waals surface area contributed by atoms with Crippen LogP contribution in [0.2, 0.25) is 10.0 Å². The predicted octanol–water partition coefficient (Wildman–Crippen LogP) is 5.68. The van der Waals surface area contributed by atoms with Crippen LogP contribution < -0.4 is 5.32 Å². The second-order valence-electron chi connectivity index (χ2n) is 12.4. The van der Waals surface area contributed by atoms with E-state index in [9.17, 15) is 14.4 Å². The highest BCUT2D eigenvalue weighted by Crippen LogP contribution is 2.27. The molecule has 1 N–H and O–H groups in total. The van der Waals surface area contributed by atoms with E-state index in [0.29, 0.717) is 61.7 Å². The van der Waals surface area contributed by atoms with Crippen LogP contribution in [0, 0.1) is 0 Å². The first kappa shape index (κ1) is 31.0. The van der Waals surface area contributed by atoms with Gasteiger partial charge in [0, 0.05) is 56.9 Å². The summed E-state index contributed by atoms with van der Waals surface area (Å²) in [4.78, 5) is 48.3. The van der Waals surface area contributed by atoms with E-state index >= 15 is 0 Å². The zero-order valence-electron chi connectivity index (χ0n) is 25.1. The van der Waals surface area contributed by atoms with Gasteiger partial charge in [-0.1, -0.05) is 47.5 Å². The molecule has 236 valence electrons. The van der Waals surface area contributed by atoms with E-state index in [-0.39, 0.29) is 24.4 Å². The van der Waals surface area contributed by atoms with Crippen LogP contribution in [0.1, 0.15) is 49.7 Å². The zero-order chi connectivity index (χ0) is 30.6. The fourth-order valence-electron chi connectivity index (χ4n) is 7.12. The van der Waals surface area contributed by atoms with Gasteiger partial charge in [0.15, 0.2) is 6.10 Å². The molecule has 3 fully saturated rings. The summed E-state index contributed by atoms with van der Waals surface area (Å²) in [5.41, 5.74) is 2.77. The minimum atomic E-state index is -0.962. The Kier molecular flexibility index (Phi) is 9.83. The molecule has 0 unspecified atom stereocenters. The maximum Gasteiger partial charge on any atom is 0.410 e. The van der Waals surface area contributed by atoms with Crippen molar-refractivity contribution in [2.75, 3.05) is 51.1 Å². The van der Waals surface area contributed by atoms with Crippen molar-refractivity contribution in [3.05, 3.63) is 63.6 Å². The number of urea groups is 1. The molecule has 1 atom stereocenters. The Morgan fingerprint density at radius 1 is 0.841 bits per heavy atom. The Bertz CT molecular complexity index is 1350. The van der Waals surface area contributed by atoms with Gasteiger partial charge in [0.05, 0.1) is 10.0 Å². The number of fused-ring (bicyclic) bond motifs is 1. The second kappa shape index (κ2) is 14.0. The molecule has 44 heavy (non-hydrogen) atoms. The first-order valence-electron chi connectivity index (χ1n) is 15.9. The minimum Gasteiger partial charge on any atom is -0.436 e. The van der Waals surface area contributed by atoms with E-state index in [1.807, 2.05) is 40.1 Å². The molecule has 2 aromatic rings. The normalized spacial score (nSPS) is 21.0. The SMILES string of the molecule is O=C(O[C@H](Cc1ccc(Cl)c(Cl)c1)C(=O)N1CCC(N2CCCC2)CC1)N1CCC(N2CCc3ccccc3NC2=O)CC1. The number of anilines is 1. The van der Waals surface area contributed by atoms with Crippen LogP contribution in [0.4, 0.5) is 15.3 Å². The van der Waals surface area contributed by atoms with Gasteiger partial charge in [0.2, 0.25) is 0 Å². The molecule has 0 bridgehead atoms. The number of nitrogens with one attached hydrogen (secondary N) is 1. The molecule has 0 radical (unpaired) electrons. The Balaban J connectivity index is 1.07. The number of nitrogens with zero attached hydrogens (tertiary/aromatic N) is 4. The highest BCUT2D eigenvalue weighted by atomic mass is 35.5. The summed E-state index contributed by atoms with van der Waals surface area (Å²) in [5.74, 6) is -0.167. The van der Waals surface area contributed by atoms with Gasteiger partial charge in [-0.2, -0.15) is 0 Å². The lowest BCUT2D eigenvalue weighted by molar-refractivity contribution is -0.142. The lowest BCUT2D eigenvalue weighted by Gasteiger charge is -2.39. The van der Waals surface area contributed by atoms with Gasteiger partial charge in [-0.3, -0.25) is 4.79 Å². The van der Waals surface area contributed by atoms with Crippen molar-refractivity contribution in [1.82, 2.24) is 19.6 Å². The number of para-hydroxylation sites is 1. The third-order valence-electron chi connectivity index (χ3n) is 9.66. The number of piperidine rings is 2. The summed E-state index contributed by atoms with van der Waals surface area (Å²) in [5, 5.41) is 3.88. The van der Waals surface area contributed by atoms with Gasteiger partial charge in [0.25, 0.3) is 5.91 Å². The summed E-state index contributed by atoms with van der Waals surface area (Å²) in [7, 11) is 0. The Morgan fingerprint density at radius 3 is 2.25 bits per heavy atom. The molecule has 0 aliphatic carbocycles. The molecule has 4 aliphatic heterocycles. The predicted molar refractivity (Wildman–Crippen MR) is 171 cm³/mol. The second-order valence-corrected chi connectivity index (χ2v) is 13.2. The summed E-state index contributed by atoms with van der Waals surface area (Å²) < 4.78 is 5.99. The highest BCUT2D eigenvalue weighted by molar-refractivity contribution is 6.42. The summed E-state index contributed by atoms with van der Waals surface area (Å²) >= 11 is 12.4. The van der Waals surface area contributed by atoms with Crippen molar-refractivity contribution < 1.29 is 19.1 Å². The standard InChI is InChI=1S/C33H41Cl2N5O4/c34-27-8-7-23(21-28(27)35)22-30(31(41)38-16-10-25(11-17-38)37-14-3-4-15-37)44-33(43)39-18-12-26(13-19-39)40-20-9-24-5-1-2-6-29(24)36-32(40)42/h1-2,5-8,21,25-26,30H,3-4,9-20,22H2,(H,36,42)/t30-/m1/s1. The first-order valence-corrected chi connectivity index (χ1v) is 16.7. The van der Waals surface area contributed by atoms with Gasteiger partial charge in [0.1, 0.15) is 0 Å². The average molecular weight is 643 g/mol. The van der Waals surface area contributed by atoms with Crippen LogP contribution >= 0.6 is 23.2 Å². The number of amides is 4. The number of benzene rings is 2. The van der Waals surface area contributed by atoms with Crippen molar-refractivity contribution in [2.45, 2.75) is 69.6 Å². The smallest absolute Gasteiger partial charge is 0.410 e. The molecular formula is C33H41Cl2N5O4. The van der Waals surface area contributed by atoms with Crippen LogP contribution in [0.15, 0.2) is 42.5 Å². The molecule has 6 rings (SSSR count). The maximum atomic E-state index is 13.8. The molecule has 4 amide bonds. The lowest BCUT2D eigenvalue weighted by Crippen LogP contribution is -2.52. The van der Waals surface area contributed by atoms with Crippen molar-refractivity contribution >= 4 is 46.9 Å². The van der Waals surface area contributed by atoms with Crippen molar-refractivity contribution in [1.29, 1.82) is 0 Å². The van der Waals surface area contributed by atoms with E-state index in [4.69, 9.17) is 27.9 Å². The Labute approximate surface area is 269 Å². The van der Waals surface area contributed by atoms with Crippen LogP contribution in [-0.2, 0) is 22.4 Å². The van der Waals surface area contributed by atoms with Crippen LogP contribution in [-0.4, -0.2) is 102 Å². The van der Waals surface area contributed by atoms with Crippen molar-refractivity contribution in [3.8, 4) is 0 Å². The van der Waals surface area contributed by atoms with Crippen LogP contribution in [0.3, 0.4) is 0 Å². The Hall–Kier alpha value is -3.01. The topological polar surface area (TPSA) is 85.4 Å². The number of rotatable bonds is 6. The Morgan fingerprint density at radius 2 is 1.52 bits per heavy atom. The number of carbonyl (C=O) groups excluding carboxylic acids is 3. The molecule has 11 heteroatoms. The molecule has 0 aromatic heterocycles.